The van der Waals surface area contributed by atoms with Gasteiger partial charge in [0.15, 0.2) is 17.7 Å². The van der Waals surface area contributed by atoms with Crippen LogP contribution in [0.1, 0.15) is 6.23 Å². The second-order valence-corrected chi connectivity index (χ2v) is 8.58. The lowest BCUT2D eigenvalue weighted by atomic mass is 10.1. The lowest BCUT2D eigenvalue weighted by molar-refractivity contribution is -0.0333. The quantitative estimate of drug-likeness (QED) is 0.243. The van der Waals surface area contributed by atoms with Crippen LogP contribution >= 0.6 is 15.6 Å². The molecule has 0 bridgehead atoms. The van der Waals surface area contributed by atoms with Gasteiger partial charge in [0.05, 0.1) is 6.33 Å². The maximum Gasteiger partial charge on any atom is 0.477 e. The van der Waals surface area contributed by atoms with E-state index in [2.05, 4.69) is 19.3 Å². The number of hydrogen-bond donors (Lipinski definition) is 7. The molecule has 3 heterocycles. The second-order valence-electron chi connectivity index (χ2n) is 5.58. The summed E-state index contributed by atoms with van der Waals surface area (Å²) < 4.78 is 32.8. The minimum absolute atomic E-state index is 0.0980. The summed E-state index contributed by atoms with van der Waals surface area (Å²) in [6.07, 6.45) is -2.91. The molecule has 1 unspecified atom stereocenters. The molecule has 0 amide bonds. The fourth-order valence-electron chi connectivity index (χ4n) is 2.56. The highest BCUT2D eigenvalue weighted by Crippen LogP contribution is 2.54. The third-order valence-corrected chi connectivity index (χ3v) is 6.03. The maximum absolute atomic E-state index is 11.6. The molecule has 1 saturated heterocycles. The van der Waals surface area contributed by atoms with Gasteiger partial charge in [-0.15, -0.1) is 0 Å². The number of rotatable bonds is 6. The summed E-state index contributed by atoms with van der Waals surface area (Å²) in [5.41, 5.74) is 6.15. The minimum atomic E-state index is -5.23. The zero-order chi connectivity index (χ0) is 20.0. The molecule has 3 rings (SSSR count). The number of aliphatic hydroxyl groups excluding tert-OH is 2. The van der Waals surface area contributed by atoms with Crippen molar-refractivity contribution in [3.8, 4) is 0 Å². The molecule has 0 aromatic carbocycles. The Morgan fingerprint density at radius 2 is 1.93 bits per heavy atom. The summed E-state index contributed by atoms with van der Waals surface area (Å²) in [6.45, 7) is -0.563. The molecule has 0 saturated carbocycles. The number of fused-ring (bicyclic) bond motifs is 1. The van der Waals surface area contributed by atoms with Crippen LogP contribution in [0.4, 0.5) is 5.82 Å². The zero-order valence-corrected chi connectivity index (χ0v) is 15.1. The van der Waals surface area contributed by atoms with Crippen molar-refractivity contribution in [1.29, 1.82) is 0 Å². The van der Waals surface area contributed by atoms with Crippen LogP contribution in [0.5, 0.6) is 0 Å². The number of imidazole rings is 1. The van der Waals surface area contributed by atoms with Gasteiger partial charge in [0.25, 0.3) is 0 Å². The summed E-state index contributed by atoms with van der Waals surface area (Å²) in [5, 5.41) is 22.2. The molecule has 8 N–H and O–H groups in total. The fourth-order valence-corrected chi connectivity index (χ4v) is 4.36. The maximum atomic E-state index is 11.6. The minimum Gasteiger partial charge on any atom is -0.387 e. The number of nitrogen functional groups attached to an aromatic ring is 1. The van der Waals surface area contributed by atoms with Crippen LogP contribution in [0.3, 0.4) is 0 Å². The highest BCUT2D eigenvalue weighted by Gasteiger charge is 2.45. The van der Waals surface area contributed by atoms with Crippen LogP contribution < -0.4 is 10.8 Å². The van der Waals surface area contributed by atoms with E-state index in [9.17, 15) is 24.2 Å². The van der Waals surface area contributed by atoms with E-state index in [4.69, 9.17) is 20.3 Å². The molecule has 1 fully saturated rings. The molecule has 0 aliphatic carbocycles. The van der Waals surface area contributed by atoms with E-state index in [0.717, 1.165) is 0 Å². The van der Waals surface area contributed by atoms with Gasteiger partial charge in [-0.3, -0.25) is 4.57 Å². The summed E-state index contributed by atoms with van der Waals surface area (Å²) in [6, 6.07) is 0. The molecule has 15 nitrogen and oxygen atoms in total. The van der Waals surface area contributed by atoms with E-state index < -0.39 is 46.7 Å². The summed E-state index contributed by atoms with van der Waals surface area (Å²) in [5.74, 6) is 0.0980. The number of nitrogens with two attached hydrogens (primary N) is 1. The monoisotopic (exact) mass is 426 g/mol. The van der Waals surface area contributed by atoms with Crippen LogP contribution in [-0.2, 0) is 18.2 Å². The molecule has 5 atom stereocenters. The third-order valence-electron chi connectivity index (χ3n) is 3.71. The molecular formula is C10H16N6O9P2. The number of nitrogens with one attached hydrogen (secondary N) is 1. The predicted molar refractivity (Wildman–Crippen MR) is 86.6 cm³/mol. The Morgan fingerprint density at radius 1 is 1.22 bits per heavy atom. The number of ether oxygens (including phenoxy) is 1. The molecule has 150 valence electrons. The largest absolute Gasteiger partial charge is 0.477 e. The Bertz CT molecular complexity index is 933. The van der Waals surface area contributed by atoms with Crippen LogP contribution in [0.25, 0.3) is 11.2 Å². The molecule has 1 aliphatic heterocycles. The average Bonchev–Trinajstić information content (AvgIpc) is 3.07. The summed E-state index contributed by atoms with van der Waals surface area (Å²) >= 11 is 0. The summed E-state index contributed by atoms with van der Waals surface area (Å²) in [4.78, 5) is 38.3. The van der Waals surface area contributed by atoms with Crippen LogP contribution in [0, 0.1) is 0 Å². The van der Waals surface area contributed by atoms with Crippen molar-refractivity contribution in [2.45, 2.75) is 24.5 Å². The van der Waals surface area contributed by atoms with Gasteiger partial charge in [0, 0.05) is 6.54 Å². The van der Waals surface area contributed by atoms with Gasteiger partial charge in [0.1, 0.15) is 30.2 Å². The number of aromatic nitrogens is 4. The first-order valence-corrected chi connectivity index (χ1v) is 10.4. The van der Waals surface area contributed by atoms with E-state index in [1.54, 1.807) is 0 Å². The summed E-state index contributed by atoms with van der Waals surface area (Å²) in [7, 11) is -10.1. The molecular weight excluding hydrogens is 410 g/mol. The fraction of sp³-hybridized carbons (Fsp3) is 0.500. The Morgan fingerprint density at radius 3 is 2.59 bits per heavy atom. The molecule has 0 spiro atoms. The van der Waals surface area contributed by atoms with Crippen LogP contribution in [-0.4, -0.2) is 69.3 Å². The number of aliphatic hydroxyl groups is 2. The van der Waals surface area contributed by atoms with Crippen molar-refractivity contribution in [2.75, 3.05) is 12.3 Å². The number of phosphoric acid groups is 1. The van der Waals surface area contributed by atoms with Crippen molar-refractivity contribution in [3.05, 3.63) is 12.7 Å². The van der Waals surface area contributed by atoms with Gasteiger partial charge < -0.3 is 35.4 Å². The van der Waals surface area contributed by atoms with Crippen molar-refractivity contribution in [1.82, 2.24) is 24.6 Å². The Labute approximate surface area is 150 Å². The molecule has 0 radical (unpaired) electrons. The van der Waals surface area contributed by atoms with E-state index in [1.807, 2.05) is 5.09 Å². The lowest BCUT2D eigenvalue weighted by Gasteiger charge is -2.18. The number of nitrogens with zero attached hydrogens (tertiary/aromatic N) is 4. The Hall–Kier alpha value is -1.51. The van der Waals surface area contributed by atoms with Crippen LogP contribution in [0.2, 0.25) is 0 Å². The molecule has 2 aromatic rings. The molecule has 27 heavy (non-hydrogen) atoms. The smallest absolute Gasteiger partial charge is 0.387 e. The Kier molecular flexibility index (Phi) is 5.35. The van der Waals surface area contributed by atoms with Crippen molar-refractivity contribution >= 4 is 32.6 Å². The van der Waals surface area contributed by atoms with E-state index in [0.29, 0.717) is 0 Å². The third kappa shape index (κ3) is 4.33. The van der Waals surface area contributed by atoms with E-state index in [1.165, 1.54) is 17.2 Å². The number of hydrogen-bond acceptors (Lipinski definition) is 10. The average molecular weight is 426 g/mol. The van der Waals surface area contributed by atoms with Crippen LogP contribution in [0.15, 0.2) is 12.7 Å². The van der Waals surface area contributed by atoms with Gasteiger partial charge >= 0.3 is 15.6 Å². The van der Waals surface area contributed by atoms with Gasteiger partial charge in [-0.25, -0.2) is 29.2 Å². The van der Waals surface area contributed by atoms with Gasteiger partial charge in [-0.2, -0.15) is 4.31 Å². The van der Waals surface area contributed by atoms with Crippen molar-refractivity contribution in [2.24, 2.45) is 0 Å². The second kappa shape index (κ2) is 7.14. The standard InChI is InChI=1S/C10H16N6O9P2/c11-8-5-9(13-2-12-8)16(3-14-5)10-7(18)6(17)4(24-10)1-15-26(19,20)25-27(21,22)23/h2-4,6-7,10,17-18H,1H2,(H2,11,12,13)(H2,15,19,20)(H2,21,22,23)/t4-,6-,7-,10-/m1/s1. The van der Waals surface area contributed by atoms with Gasteiger partial charge in [0.2, 0.25) is 0 Å². The molecule has 17 heteroatoms. The van der Waals surface area contributed by atoms with Crippen molar-refractivity contribution in [3.63, 3.8) is 0 Å². The normalized spacial score (nSPS) is 28.5. The zero-order valence-electron chi connectivity index (χ0n) is 13.3. The van der Waals surface area contributed by atoms with Gasteiger partial charge in [-0.05, 0) is 0 Å². The van der Waals surface area contributed by atoms with E-state index >= 15 is 0 Å². The number of anilines is 1. The first-order valence-electron chi connectivity index (χ1n) is 7.28. The molecule has 2 aromatic heterocycles. The van der Waals surface area contributed by atoms with E-state index in [-0.39, 0.29) is 17.0 Å². The Balaban J connectivity index is 1.75. The first-order chi connectivity index (χ1) is 12.5. The highest BCUT2D eigenvalue weighted by molar-refractivity contribution is 7.62. The highest BCUT2D eigenvalue weighted by atomic mass is 31.3. The van der Waals surface area contributed by atoms with Crippen molar-refractivity contribution < 1.29 is 43.1 Å². The first kappa shape index (κ1) is 20.2. The molecule has 1 aliphatic rings. The SMILES string of the molecule is Nc1ncnc2c1ncn2[C@@H]1O[C@H](CNP(=O)(O)OP(=O)(O)O)[C@@H](O)[C@H]1O. The predicted octanol–water partition coefficient (Wildman–Crippen LogP) is -2.17. The van der Waals surface area contributed by atoms with Gasteiger partial charge in [-0.1, -0.05) is 0 Å². The topological polar surface area (TPSA) is 235 Å². The lowest BCUT2D eigenvalue weighted by Crippen LogP contribution is -2.37.